The predicted molar refractivity (Wildman–Crippen MR) is 189 cm³/mol. The molecule has 0 aromatic carbocycles. The number of nitrogens with one attached hydrogen (secondary N) is 2. The molecular formula is C38H56N4O11. The number of allylic oxidation sites excluding steroid dienone is 1. The Hall–Kier alpha value is -3.50. The van der Waals surface area contributed by atoms with Crippen LogP contribution in [0, 0.1) is 23.7 Å². The maximum atomic E-state index is 13.6. The first kappa shape index (κ1) is 40.7. The molecule has 2 aliphatic carbocycles. The van der Waals surface area contributed by atoms with Crippen LogP contribution in [-0.4, -0.2) is 123 Å². The predicted octanol–water partition coefficient (Wildman–Crippen LogP) is 0.843. The lowest BCUT2D eigenvalue weighted by Crippen LogP contribution is -2.57. The van der Waals surface area contributed by atoms with E-state index in [0.717, 1.165) is 56.3 Å². The van der Waals surface area contributed by atoms with Crippen LogP contribution in [0.25, 0.3) is 0 Å². The SMILES string of the molecule is CC1C=CC(CO[C@@H]2OC(C)[C@H](O)[C@@H](O)C2O)C2C(=O)N(CCCC(=O)NC3CCCCC(NC(=O)CCCN4C(=O)C=CC4=O)CCCC3)C(=O)C12. The Morgan fingerprint density at radius 3 is 1.79 bits per heavy atom. The lowest BCUT2D eigenvalue weighted by molar-refractivity contribution is -0.295. The van der Waals surface area contributed by atoms with Crippen LogP contribution in [0.15, 0.2) is 24.3 Å². The number of imide groups is 2. The van der Waals surface area contributed by atoms with Crippen molar-refractivity contribution in [1.29, 1.82) is 0 Å². The maximum Gasteiger partial charge on any atom is 0.253 e. The summed E-state index contributed by atoms with van der Waals surface area (Å²) in [6, 6.07) is 0.0992. The van der Waals surface area contributed by atoms with E-state index in [1.54, 1.807) is 6.92 Å². The van der Waals surface area contributed by atoms with Crippen LogP contribution in [0.4, 0.5) is 0 Å². The van der Waals surface area contributed by atoms with E-state index < -0.39 is 48.5 Å². The number of likely N-dealkylation sites (tertiary alicyclic amines) is 1. The highest BCUT2D eigenvalue weighted by Crippen LogP contribution is 2.42. The third kappa shape index (κ3) is 10.2. The molecule has 0 radical (unpaired) electrons. The molecule has 5 aliphatic rings. The molecule has 3 aliphatic heterocycles. The summed E-state index contributed by atoms with van der Waals surface area (Å²) >= 11 is 0. The summed E-state index contributed by atoms with van der Waals surface area (Å²) in [5, 5.41) is 36.7. The quantitative estimate of drug-likeness (QED) is 0.132. The summed E-state index contributed by atoms with van der Waals surface area (Å²) in [5.41, 5.74) is 0. The number of aliphatic hydroxyl groups is 3. The Bertz CT molecular complexity index is 1390. The van der Waals surface area contributed by atoms with Gasteiger partial charge in [-0.15, -0.1) is 0 Å². The summed E-state index contributed by atoms with van der Waals surface area (Å²) in [6.07, 6.45) is 8.16. The molecule has 15 heteroatoms. The molecule has 6 unspecified atom stereocenters. The number of nitrogens with zero attached hydrogens (tertiary/aromatic N) is 2. The van der Waals surface area contributed by atoms with E-state index >= 15 is 0 Å². The highest BCUT2D eigenvalue weighted by molar-refractivity contribution is 6.12. The number of fused-ring (bicyclic) bond motifs is 1. The second-order valence-corrected chi connectivity index (χ2v) is 15.3. The number of hydrogen-bond donors (Lipinski definition) is 5. The number of rotatable bonds is 13. The molecule has 5 N–H and O–H groups in total. The number of hydrogen-bond acceptors (Lipinski definition) is 11. The van der Waals surface area contributed by atoms with Crippen molar-refractivity contribution in [2.75, 3.05) is 19.7 Å². The molecule has 0 spiro atoms. The van der Waals surface area contributed by atoms with Crippen LogP contribution >= 0.6 is 0 Å². The molecule has 3 heterocycles. The van der Waals surface area contributed by atoms with E-state index in [-0.39, 0.29) is 86.0 Å². The van der Waals surface area contributed by atoms with E-state index in [1.165, 1.54) is 17.1 Å². The van der Waals surface area contributed by atoms with E-state index in [1.807, 2.05) is 19.1 Å². The molecule has 3 fully saturated rings. The van der Waals surface area contributed by atoms with Gasteiger partial charge in [-0.05, 0) is 51.4 Å². The van der Waals surface area contributed by atoms with Gasteiger partial charge < -0.3 is 35.4 Å². The molecule has 0 bridgehead atoms. The molecular weight excluding hydrogens is 688 g/mol. The van der Waals surface area contributed by atoms with Crippen molar-refractivity contribution in [3.05, 3.63) is 24.3 Å². The molecule has 1 saturated carbocycles. The van der Waals surface area contributed by atoms with Gasteiger partial charge in [-0.25, -0.2) is 0 Å². The van der Waals surface area contributed by atoms with Crippen LogP contribution in [0.5, 0.6) is 0 Å². The molecule has 15 nitrogen and oxygen atoms in total. The molecule has 5 rings (SSSR count). The molecule has 0 aromatic heterocycles. The highest BCUT2D eigenvalue weighted by atomic mass is 16.7. The van der Waals surface area contributed by atoms with Crippen molar-refractivity contribution >= 4 is 35.4 Å². The minimum absolute atomic E-state index is 0.0289. The van der Waals surface area contributed by atoms with Gasteiger partial charge in [0.1, 0.15) is 18.3 Å². The first-order valence-electron chi connectivity index (χ1n) is 19.3. The topological polar surface area (TPSA) is 212 Å². The van der Waals surface area contributed by atoms with Crippen molar-refractivity contribution in [3.8, 4) is 0 Å². The zero-order chi connectivity index (χ0) is 38.2. The Kier molecular flexibility index (Phi) is 14.4. The van der Waals surface area contributed by atoms with Gasteiger partial charge in [0.2, 0.25) is 23.6 Å². The fourth-order valence-corrected chi connectivity index (χ4v) is 8.26. The molecule has 6 amide bonds. The lowest BCUT2D eigenvalue weighted by atomic mass is 9.72. The van der Waals surface area contributed by atoms with Gasteiger partial charge in [0, 0.05) is 56.1 Å². The van der Waals surface area contributed by atoms with Gasteiger partial charge in [-0.1, -0.05) is 44.8 Å². The summed E-state index contributed by atoms with van der Waals surface area (Å²) < 4.78 is 11.3. The summed E-state index contributed by atoms with van der Waals surface area (Å²) in [5.74, 6) is -3.30. The summed E-state index contributed by atoms with van der Waals surface area (Å²) in [6.45, 7) is 3.78. The third-order valence-electron chi connectivity index (χ3n) is 11.4. The van der Waals surface area contributed by atoms with E-state index in [0.29, 0.717) is 12.8 Å². The number of amides is 6. The van der Waals surface area contributed by atoms with Crippen molar-refractivity contribution in [2.24, 2.45) is 23.7 Å². The number of carbonyl (C=O) groups excluding carboxylic acids is 6. The number of ether oxygens (including phenoxy) is 2. The largest absolute Gasteiger partial charge is 0.388 e. The van der Waals surface area contributed by atoms with Gasteiger partial charge in [-0.3, -0.25) is 38.6 Å². The smallest absolute Gasteiger partial charge is 0.253 e. The van der Waals surface area contributed by atoms with Crippen molar-refractivity contribution in [2.45, 2.75) is 134 Å². The van der Waals surface area contributed by atoms with Crippen LogP contribution in [0.2, 0.25) is 0 Å². The average molecular weight is 745 g/mol. The standard InChI is InChI=1S/C38H56N4O11/c1-22-15-16-24(21-52-38-35(49)34(48)33(47)23(2)53-38)32-31(22)36(50)42(37(32)51)20-8-14-28(44)40-26-11-5-3-9-25(10-4-6-12-26)39-27(43)13-7-19-41-29(45)17-18-30(41)46/h15-18,22-26,31-35,38,47-49H,3-14,19-21H2,1-2H3,(H,39,43)(H,40,44)/t22?,23?,24?,25?,26?,31?,32?,33-,34+,35?,38+/m0/s1. The first-order chi connectivity index (χ1) is 25.3. The average Bonchev–Trinajstić information content (AvgIpc) is 3.58. The zero-order valence-electron chi connectivity index (χ0n) is 30.8. The Balaban J connectivity index is 1.01. The van der Waals surface area contributed by atoms with Crippen LogP contribution in [0.3, 0.4) is 0 Å². The van der Waals surface area contributed by atoms with Gasteiger partial charge in [0.25, 0.3) is 11.8 Å². The third-order valence-corrected chi connectivity index (χ3v) is 11.4. The van der Waals surface area contributed by atoms with Crippen LogP contribution < -0.4 is 10.6 Å². The number of aliphatic hydroxyl groups excluding tert-OH is 3. The Morgan fingerprint density at radius 2 is 1.25 bits per heavy atom. The highest BCUT2D eigenvalue weighted by Gasteiger charge is 2.53. The fraction of sp³-hybridized carbons (Fsp3) is 0.737. The molecule has 53 heavy (non-hydrogen) atoms. The molecule has 294 valence electrons. The summed E-state index contributed by atoms with van der Waals surface area (Å²) in [7, 11) is 0. The van der Waals surface area contributed by atoms with E-state index in [9.17, 15) is 44.1 Å². The molecule has 0 aromatic rings. The van der Waals surface area contributed by atoms with Gasteiger partial charge >= 0.3 is 0 Å². The Labute approximate surface area is 310 Å². The van der Waals surface area contributed by atoms with Crippen LogP contribution in [-0.2, 0) is 38.2 Å². The van der Waals surface area contributed by atoms with Crippen molar-refractivity contribution < 1.29 is 53.6 Å². The Morgan fingerprint density at radius 1 is 0.736 bits per heavy atom. The lowest BCUT2D eigenvalue weighted by Gasteiger charge is -2.40. The number of carbonyl (C=O) groups is 6. The van der Waals surface area contributed by atoms with Crippen molar-refractivity contribution in [3.63, 3.8) is 0 Å². The van der Waals surface area contributed by atoms with Crippen LogP contribution in [0.1, 0.15) is 90.9 Å². The second kappa shape index (κ2) is 18.7. The zero-order valence-corrected chi connectivity index (χ0v) is 30.8. The molecule has 2 saturated heterocycles. The summed E-state index contributed by atoms with van der Waals surface area (Å²) in [4.78, 5) is 78.4. The van der Waals surface area contributed by atoms with E-state index in [4.69, 9.17) is 9.47 Å². The van der Waals surface area contributed by atoms with Crippen molar-refractivity contribution in [1.82, 2.24) is 20.4 Å². The minimum atomic E-state index is -1.47. The monoisotopic (exact) mass is 744 g/mol. The van der Waals surface area contributed by atoms with Gasteiger partial charge in [0.05, 0.1) is 24.5 Å². The maximum absolute atomic E-state index is 13.6. The molecule has 9 atom stereocenters. The van der Waals surface area contributed by atoms with Gasteiger partial charge in [0.15, 0.2) is 6.29 Å². The van der Waals surface area contributed by atoms with E-state index in [2.05, 4.69) is 10.6 Å². The minimum Gasteiger partial charge on any atom is -0.388 e. The fourth-order valence-electron chi connectivity index (χ4n) is 8.26. The van der Waals surface area contributed by atoms with Gasteiger partial charge in [-0.2, -0.15) is 0 Å². The first-order valence-corrected chi connectivity index (χ1v) is 19.3. The second-order valence-electron chi connectivity index (χ2n) is 15.3. The normalized spacial score (nSPS) is 35.1.